The third-order valence-corrected chi connectivity index (χ3v) is 2.60. The van der Waals surface area contributed by atoms with E-state index in [1.54, 1.807) is 12.3 Å². The lowest BCUT2D eigenvalue weighted by molar-refractivity contribution is -0.385. The van der Waals surface area contributed by atoms with Gasteiger partial charge in [0.15, 0.2) is 0 Å². The van der Waals surface area contributed by atoms with Gasteiger partial charge in [-0.1, -0.05) is 15.9 Å². The number of nitrogens with zero attached hydrogens (tertiary/aromatic N) is 2. The maximum Gasteiger partial charge on any atom is 0.274 e. The Morgan fingerprint density at radius 1 is 1.57 bits per heavy atom. The molecule has 0 amide bonds. The second-order valence-electron chi connectivity index (χ2n) is 2.79. The Morgan fingerprint density at radius 3 is 3.00 bits per heavy atom. The molecule has 2 rings (SSSR count). The first-order valence-electron chi connectivity index (χ1n) is 3.89. The van der Waals surface area contributed by atoms with E-state index in [0.29, 0.717) is 10.9 Å². The van der Waals surface area contributed by atoms with Crippen molar-refractivity contribution in [1.82, 2.24) is 10.2 Å². The number of halogens is 1. The van der Waals surface area contributed by atoms with Gasteiger partial charge in [0, 0.05) is 16.8 Å². The van der Waals surface area contributed by atoms with E-state index in [9.17, 15) is 10.1 Å². The summed E-state index contributed by atoms with van der Waals surface area (Å²) in [6, 6.07) is 3.14. The molecule has 2 aromatic rings. The number of aromatic nitrogens is 2. The Hall–Kier alpha value is -1.43. The molecule has 0 radical (unpaired) electrons. The second-order valence-corrected chi connectivity index (χ2v) is 3.35. The fourth-order valence-electron chi connectivity index (χ4n) is 1.38. The van der Waals surface area contributed by atoms with E-state index in [2.05, 4.69) is 26.1 Å². The molecule has 1 aromatic carbocycles. The third-order valence-electron chi connectivity index (χ3n) is 2.04. The topological polar surface area (TPSA) is 71.8 Å². The molecule has 0 aliphatic carbocycles. The molecular weight excluding hydrogens is 250 g/mol. The van der Waals surface area contributed by atoms with E-state index >= 15 is 0 Å². The number of alkyl halides is 1. The second kappa shape index (κ2) is 3.38. The normalized spacial score (nSPS) is 10.6. The van der Waals surface area contributed by atoms with Crippen LogP contribution in [0.3, 0.4) is 0 Å². The molecule has 14 heavy (non-hydrogen) atoms. The van der Waals surface area contributed by atoms with Gasteiger partial charge in [0.05, 0.1) is 22.2 Å². The van der Waals surface area contributed by atoms with Gasteiger partial charge in [-0.15, -0.1) is 0 Å². The zero-order valence-corrected chi connectivity index (χ0v) is 8.61. The van der Waals surface area contributed by atoms with Crippen LogP contribution in [0.4, 0.5) is 5.69 Å². The van der Waals surface area contributed by atoms with E-state index in [0.717, 1.165) is 10.9 Å². The van der Waals surface area contributed by atoms with Crippen LogP contribution in [0.2, 0.25) is 0 Å². The van der Waals surface area contributed by atoms with Gasteiger partial charge in [-0.05, 0) is 6.07 Å². The van der Waals surface area contributed by atoms with Crippen molar-refractivity contribution < 1.29 is 4.92 Å². The molecular formula is C8H6BrN3O2. The molecule has 0 saturated carbocycles. The lowest BCUT2D eigenvalue weighted by Gasteiger charge is -1.99. The number of benzene rings is 1. The number of rotatable bonds is 2. The summed E-state index contributed by atoms with van der Waals surface area (Å²) in [5, 5.41) is 18.5. The Kier molecular flexibility index (Phi) is 2.20. The van der Waals surface area contributed by atoms with Crippen LogP contribution in [0.5, 0.6) is 0 Å². The van der Waals surface area contributed by atoms with Gasteiger partial charge in [-0.2, -0.15) is 5.10 Å². The lowest BCUT2D eigenvalue weighted by Crippen LogP contribution is -1.93. The smallest absolute Gasteiger partial charge is 0.274 e. The minimum atomic E-state index is -0.386. The summed E-state index contributed by atoms with van der Waals surface area (Å²) in [5.74, 6) is 0. The van der Waals surface area contributed by atoms with Crippen molar-refractivity contribution in [3.63, 3.8) is 0 Å². The summed E-state index contributed by atoms with van der Waals surface area (Å²) in [5.41, 5.74) is 1.59. The van der Waals surface area contributed by atoms with Crippen molar-refractivity contribution in [3.05, 3.63) is 34.0 Å². The molecule has 1 heterocycles. The van der Waals surface area contributed by atoms with Gasteiger partial charge in [0.1, 0.15) is 0 Å². The molecule has 0 bridgehead atoms. The molecule has 0 fully saturated rings. The number of nitro benzene ring substituents is 1. The number of hydrogen-bond donors (Lipinski definition) is 1. The van der Waals surface area contributed by atoms with Crippen molar-refractivity contribution in [3.8, 4) is 0 Å². The predicted molar refractivity (Wildman–Crippen MR) is 55.4 cm³/mol. The van der Waals surface area contributed by atoms with Gasteiger partial charge in [-0.25, -0.2) is 0 Å². The minimum Gasteiger partial charge on any atom is -0.278 e. The molecule has 0 unspecified atom stereocenters. The summed E-state index contributed by atoms with van der Waals surface area (Å²) in [6.45, 7) is 0. The highest BCUT2D eigenvalue weighted by molar-refractivity contribution is 9.08. The first kappa shape index (κ1) is 9.14. The lowest BCUT2D eigenvalue weighted by atomic mass is 10.1. The van der Waals surface area contributed by atoms with Gasteiger partial charge >= 0.3 is 0 Å². The maximum atomic E-state index is 10.7. The zero-order valence-electron chi connectivity index (χ0n) is 7.03. The SMILES string of the molecule is O=[N+]([O-])c1ccc2[nH]ncc2c1CBr. The number of aromatic amines is 1. The molecule has 72 valence electrons. The summed E-state index contributed by atoms with van der Waals surface area (Å²) < 4.78 is 0. The van der Waals surface area contributed by atoms with Gasteiger partial charge in [0.2, 0.25) is 0 Å². The van der Waals surface area contributed by atoms with Crippen LogP contribution >= 0.6 is 15.9 Å². The number of nitro groups is 1. The van der Waals surface area contributed by atoms with Crippen LogP contribution in [-0.4, -0.2) is 15.1 Å². The molecule has 0 aliphatic rings. The first-order valence-corrected chi connectivity index (χ1v) is 5.01. The first-order chi connectivity index (χ1) is 6.74. The Bertz CT molecular complexity index is 494. The van der Waals surface area contributed by atoms with Crippen LogP contribution in [0.1, 0.15) is 5.56 Å². The largest absolute Gasteiger partial charge is 0.278 e. The van der Waals surface area contributed by atoms with Crippen LogP contribution in [-0.2, 0) is 5.33 Å². The van der Waals surface area contributed by atoms with Crippen LogP contribution in [0.25, 0.3) is 10.9 Å². The summed E-state index contributed by atoms with van der Waals surface area (Å²) in [6.07, 6.45) is 1.60. The molecule has 0 atom stereocenters. The number of hydrogen-bond acceptors (Lipinski definition) is 3. The highest BCUT2D eigenvalue weighted by Crippen LogP contribution is 2.28. The van der Waals surface area contributed by atoms with E-state index in [-0.39, 0.29) is 10.6 Å². The fraction of sp³-hybridized carbons (Fsp3) is 0.125. The van der Waals surface area contributed by atoms with E-state index < -0.39 is 0 Å². The Labute approximate surface area is 87.4 Å². The molecule has 1 aromatic heterocycles. The van der Waals surface area contributed by atoms with Crippen molar-refractivity contribution in [2.75, 3.05) is 0 Å². The molecule has 0 saturated heterocycles. The van der Waals surface area contributed by atoms with Crippen molar-refractivity contribution in [2.24, 2.45) is 0 Å². The van der Waals surface area contributed by atoms with Crippen LogP contribution in [0.15, 0.2) is 18.3 Å². The number of fused-ring (bicyclic) bond motifs is 1. The average Bonchev–Trinajstić information content (AvgIpc) is 2.63. The Balaban J connectivity index is 2.78. The zero-order chi connectivity index (χ0) is 10.1. The van der Waals surface area contributed by atoms with E-state index in [4.69, 9.17) is 0 Å². The van der Waals surface area contributed by atoms with Crippen molar-refractivity contribution >= 4 is 32.5 Å². The van der Waals surface area contributed by atoms with Gasteiger partial charge < -0.3 is 0 Å². The standard InChI is InChI=1S/C8H6BrN3O2/c9-3-5-6-4-10-11-7(6)1-2-8(5)12(13)14/h1-2,4H,3H2,(H,10,11). The molecule has 0 spiro atoms. The predicted octanol–water partition coefficient (Wildman–Crippen LogP) is 2.37. The monoisotopic (exact) mass is 255 g/mol. The molecule has 6 heteroatoms. The molecule has 5 nitrogen and oxygen atoms in total. The van der Waals surface area contributed by atoms with Crippen LogP contribution < -0.4 is 0 Å². The quantitative estimate of drug-likeness (QED) is 0.509. The minimum absolute atomic E-state index is 0.121. The summed E-state index contributed by atoms with van der Waals surface area (Å²) in [4.78, 5) is 10.3. The van der Waals surface area contributed by atoms with Gasteiger partial charge in [-0.3, -0.25) is 15.2 Å². The highest BCUT2D eigenvalue weighted by Gasteiger charge is 2.16. The number of nitrogens with one attached hydrogen (secondary N) is 1. The average molecular weight is 256 g/mol. The van der Waals surface area contributed by atoms with Gasteiger partial charge in [0.25, 0.3) is 5.69 Å². The summed E-state index contributed by atoms with van der Waals surface area (Å²) >= 11 is 3.24. The van der Waals surface area contributed by atoms with Crippen LogP contribution in [0, 0.1) is 10.1 Å². The fourth-order valence-corrected chi connectivity index (χ4v) is 1.97. The van der Waals surface area contributed by atoms with E-state index in [1.807, 2.05) is 0 Å². The Morgan fingerprint density at radius 2 is 2.36 bits per heavy atom. The van der Waals surface area contributed by atoms with Crippen molar-refractivity contribution in [2.45, 2.75) is 5.33 Å². The van der Waals surface area contributed by atoms with Crippen molar-refractivity contribution in [1.29, 1.82) is 0 Å². The maximum absolute atomic E-state index is 10.7. The third kappa shape index (κ3) is 1.27. The highest BCUT2D eigenvalue weighted by atomic mass is 79.9. The van der Waals surface area contributed by atoms with E-state index in [1.165, 1.54) is 6.07 Å². The molecule has 1 N–H and O–H groups in total. The summed E-state index contributed by atoms with van der Waals surface area (Å²) in [7, 11) is 0. The number of H-pyrrole nitrogens is 1. The molecule has 0 aliphatic heterocycles.